The summed E-state index contributed by atoms with van der Waals surface area (Å²) in [7, 11) is 1.71. The van der Waals surface area contributed by atoms with Crippen LogP contribution in [-0.4, -0.2) is 19.2 Å². The van der Waals surface area contributed by atoms with Crippen molar-refractivity contribution in [3.63, 3.8) is 0 Å². The lowest BCUT2D eigenvalue weighted by molar-refractivity contribution is 0.0734. The van der Waals surface area contributed by atoms with Gasteiger partial charge in [-0.2, -0.15) is 0 Å². The molecule has 0 radical (unpaired) electrons. The molecule has 3 aromatic carbocycles. The molecule has 0 aliphatic rings. The number of hydrogen-bond acceptors (Lipinski definition) is 4. The third kappa shape index (κ3) is 11.4. The fourth-order valence-electron chi connectivity index (χ4n) is 5.09. The second kappa shape index (κ2) is 18.3. The summed E-state index contributed by atoms with van der Waals surface area (Å²) in [6.45, 7) is 6.50. The summed E-state index contributed by atoms with van der Waals surface area (Å²) in [5, 5.41) is 0. The molecule has 0 fully saturated rings. The number of carbonyl (C=O) groups excluding carboxylic acids is 1. The van der Waals surface area contributed by atoms with Crippen molar-refractivity contribution in [2.75, 3.05) is 7.11 Å². The van der Waals surface area contributed by atoms with Crippen molar-refractivity contribution in [3.8, 4) is 22.6 Å². The van der Waals surface area contributed by atoms with Crippen molar-refractivity contribution in [2.45, 2.75) is 110 Å². The molecule has 0 saturated heterocycles. The van der Waals surface area contributed by atoms with Crippen molar-refractivity contribution < 1.29 is 19.0 Å². The van der Waals surface area contributed by atoms with Crippen LogP contribution in [0.2, 0.25) is 0 Å². The lowest BCUT2D eigenvalue weighted by Crippen LogP contribution is -2.16. The van der Waals surface area contributed by atoms with E-state index in [1.807, 2.05) is 55.5 Å². The van der Waals surface area contributed by atoms with Gasteiger partial charge in [0.1, 0.15) is 11.5 Å². The third-order valence-corrected chi connectivity index (χ3v) is 7.76. The van der Waals surface area contributed by atoms with Gasteiger partial charge in [-0.05, 0) is 79.3 Å². The Kier molecular flexibility index (Phi) is 14.5. The Bertz CT molecular complexity index is 1120. The lowest BCUT2D eigenvalue weighted by atomic mass is 10.0. The first-order chi connectivity index (χ1) is 20.0. The molecule has 3 rings (SSSR count). The summed E-state index contributed by atoms with van der Waals surface area (Å²) in [6, 6.07) is 23.2. The topological polar surface area (TPSA) is 44.8 Å². The summed E-state index contributed by atoms with van der Waals surface area (Å²) in [4.78, 5) is 12.8. The molecule has 0 saturated carbocycles. The molecule has 0 aromatic heterocycles. The van der Waals surface area contributed by atoms with Gasteiger partial charge in [-0.1, -0.05) is 108 Å². The van der Waals surface area contributed by atoms with Crippen LogP contribution < -0.4 is 9.47 Å². The fourth-order valence-corrected chi connectivity index (χ4v) is 5.09. The molecule has 4 heteroatoms. The second-order valence-electron chi connectivity index (χ2n) is 11.1. The monoisotopic (exact) mass is 558 g/mol. The molecule has 4 nitrogen and oxygen atoms in total. The standard InChI is InChI=1S/C37H50O4/c1-5-7-8-9-10-11-12-13-14-16-34(15-6-2)40-35-25-27-36(28-26-35)41-37(38)33-23-21-32(22-24-33)31-19-17-30(18-20-31)29(3)39-4/h17-29,34H,5-16H2,1-4H3. The van der Waals surface area contributed by atoms with Crippen LogP contribution in [0, 0.1) is 0 Å². The second-order valence-corrected chi connectivity index (χ2v) is 11.1. The smallest absolute Gasteiger partial charge is 0.343 e. The van der Waals surface area contributed by atoms with Crippen molar-refractivity contribution in [1.29, 1.82) is 0 Å². The SMILES string of the molecule is CCCCCCCCCCCC(CCC)Oc1ccc(OC(=O)c2ccc(-c3ccc(C(C)OC)cc3)cc2)cc1. The van der Waals surface area contributed by atoms with Crippen molar-refractivity contribution >= 4 is 5.97 Å². The first kappa shape index (κ1) is 32.4. The van der Waals surface area contributed by atoms with E-state index in [0.29, 0.717) is 11.3 Å². The van der Waals surface area contributed by atoms with Gasteiger partial charge in [0.2, 0.25) is 0 Å². The molecular formula is C37H50O4. The van der Waals surface area contributed by atoms with Gasteiger partial charge in [0.15, 0.2) is 0 Å². The zero-order valence-corrected chi connectivity index (χ0v) is 25.7. The van der Waals surface area contributed by atoms with E-state index in [1.165, 1.54) is 57.8 Å². The molecule has 0 aliphatic heterocycles. The van der Waals surface area contributed by atoms with Gasteiger partial charge in [0.25, 0.3) is 0 Å². The molecule has 0 amide bonds. The predicted molar refractivity (Wildman–Crippen MR) is 170 cm³/mol. The average Bonchev–Trinajstić information content (AvgIpc) is 3.01. The minimum absolute atomic E-state index is 0.0594. The molecule has 0 bridgehead atoms. The van der Waals surface area contributed by atoms with Crippen molar-refractivity contribution in [3.05, 3.63) is 83.9 Å². The highest BCUT2D eigenvalue weighted by atomic mass is 16.5. The van der Waals surface area contributed by atoms with Crippen LogP contribution in [0.3, 0.4) is 0 Å². The summed E-state index contributed by atoms with van der Waals surface area (Å²) in [5.74, 6) is 0.971. The van der Waals surface area contributed by atoms with Gasteiger partial charge in [-0.25, -0.2) is 4.79 Å². The van der Waals surface area contributed by atoms with E-state index < -0.39 is 0 Å². The van der Waals surface area contributed by atoms with Gasteiger partial charge in [-0.3, -0.25) is 0 Å². The number of benzene rings is 3. The van der Waals surface area contributed by atoms with Gasteiger partial charge in [0, 0.05) is 7.11 Å². The minimum atomic E-state index is -0.372. The molecule has 2 atom stereocenters. The van der Waals surface area contributed by atoms with E-state index in [1.54, 1.807) is 7.11 Å². The van der Waals surface area contributed by atoms with Gasteiger partial charge in [0.05, 0.1) is 17.8 Å². The van der Waals surface area contributed by atoms with Crippen LogP contribution >= 0.6 is 0 Å². The summed E-state index contributed by atoms with van der Waals surface area (Å²) >= 11 is 0. The first-order valence-electron chi connectivity index (χ1n) is 15.8. The lowest BCUT2D eigenvalue weighted by Gasteiger charge is -2.19. The maximum atomic E-state index is 12.8. The number of esters is 1. The Morgan fingerprint density at radius 2 is 1.17 bits per heavy atom. The Morgan fingerprint density at radius 1 is 0.634 bits per heavy atom. The number of ether oxygens (including phenoxy) is 3. The number of methoxy groups -OCH3 is 1. The Morgan fingerprint density at radius 3 is 1.73 bits per heavy atom. The van der Waals surface area contributed by atoms with Gasteiger partial charge in [-0.15, -0.1) is 0 Å². The van der Waals surface area contributed by atoms with Crippen LogP contribution in [0.5, 0.6) is 11.5 Å². The summed E-state index contributed by atoms with van der Waals surface area (Å²) < 4.78 is 17.3. The molecule has 222 valence electrons. The molecule has 0 spiro atoms. The quantitative estimate of drug-likeness (QED) is 0.0834. The summed E-state index contributed by atoms with van der Waals surface area (Å²) in [6.07, 6.45) is 15.6. The Balaban J connectivity index is 1.44. The van der Waals surface area contributed by atoms with Crippen LogP contribution in [0.4, 0.5) is 0 Å². The highest BCUT2D eigenvalue weighted by molar-refractivity contribution is 5.91. The highest BCUT2D eigenvalue weighted by Gasteiger charge is 2.12. The van der Waals surface area contributed by atoms with Crippen LogP contribution in [0.1, 0.15) is 120 Å². The molecule has 2 unspecified atom stereocenters. The highest BCUT2D eigenvalue weighted by Crippen LogP contribution is 2.25. The van der Waals surface area contributed by atoms with Crippen LogP contribution in [-0.2, 0) is 4.74 Å². The molecular weight excluding hydrogens is 508 g/mol. The van der Waals surface area contributed by atoms with Crippen molar-refractivity contribution in [1.82, 2.24) is 0 Å². The maximum absolute atomic E-state index is 12.8. The van der Waals surface area contributed by atoms with Gasteiger partial charge < -0.3 is 14.2 Å². The Hall–Kier alpha value is -3.11. The van der Waals surface area contributed by atoms with Crippen LogP contribution in [0.25, 0.3) is 11.1 Å². The minimum Gasteiger partial charge on any atom is -0.490 e. The van der Waals surface area contributed by atoms with Crippen molar-refractivity contribution in [2.24, 2.45) is 0 Å². The molecule has 0 aliphatic carbocycles. The maximum Gasteiger partial charge on any atom is 0.343 e. The number of unbranched alkanes of at least 4 members (excludes halogenated alkanes) is 8. The molecule has 0 N–H and O–H groups in total. The number of carbonyl (C=O) groups is 1. The van der Waals surface area contributed by atoms with E-state index in [9.17, 15) is 4.79 Å². The number of hydrogen-bond donors (Lipinski definition) is 0. The first-order valence-corrected chi connectivity index (χ1v) is 15.8. The fraction of sp³-hybridized carbons (Fsp3) is 0.486. The normalized spacial score (nSPS) is 12.6. The van der Waals surface area contributed by atoms with Crippen LogP contribution in [0.15, 0.2) is 72.8 Å². The zero-order chi connectivity index (χ0) is 29.3. The predicted octanol–water partition coefficient (Wildman–Crippen LogP) is 10.7. The third-order valence-electron chi connectivity index (χ3n) is 7.76. The summed E-state index contributed by atoms with van der Waals surface area (Å²) in [5.41, 5.74) is 3.78. The average molecular weight is 559 g/mol. The van der Waals surface area contributed by atoms with E-state index >= 15 is 0 Å². The number of rotatable bonds is 19. The molecule has 0 heterocycles. The molecule has 41 heavy (non-hydrogen) atoms. The molecule has 3 aromatic rings. The van der Waals surface area contributed by atoms with E-state index in [4.69, 9.17) is 14.2 Å². The van der Waals surface area contributed by atoms with E-state index in [2.05, 4.69) is 38.1 Å². The largest absolute Gasteiger partial charge is 0.490 e. The Labute approximate surface area is 248 Å². The zero-order valence-electron chi connectivity index (χ0n) is 25.7. The van der Waals surface area contributed by atoms with E-state index in [0.717, 1.165) is 41.7 Å². The van der Waals surface area contributed by atoms with Gasteiger partial charge >= 0.3 is 5.97 Å². The van der Waals surface area contributed by atoms with E-state index in [-0.39, 0.29) is 18.2 Å².